The van der Waals surface area contributed by atoms with Gasteiger partial charge in [-0.3, -0.25) is 9.59 Å². The number of carbonyl (C=O) groups is 2. The van der Waals surface area contributed by atoms with Gasteiger partial charge in [0.2, 0.25) is 11.8 Å². The van der Waals surface area contributed by atoms with Gasteiger partial charge < -0.3 is 19.3 Å². The molecule has 0 aliphatic carbocycles. The molecule has 1 aromatic carbocycles. The number of carbonyl (C=O) groups excluding carboxylic acids is 2. The Morgan fingerprint density at radius 2 is 1.57 bits per heavy atom. The largest absolute Gasteiger partial charge is 0.347 e. The van der Waals surface area contributed by atoms with Gasteiger partial charge in [-0.15, -0.1) is 0 Å². The average Bonchev–Trinajstić information content (AvgIpc) is 3.18. The number of nitrogens with zero attached hydrogens (tertiary/aromatic N) is 2. The van der Waals surface area contributed by atoms with Crippen molar-refractivity contribution in [1.82, 2.24) is 9.80 Å². The van der Waals surface area contributed by atoms with Gasteiger partial charge in [0.1, 0.15) is 0 Å². The lowest BCUT2D eigenvalue weighted by Crippen LogP contribution is -2.50. The number of amides is 2. The maximum atomic E-state index is 12.9. The minimum absolute atomic E-state index is 0.0305. The van der Waals surface area contributed by atoms with Gasteiger partial charge in [0.05, 0.1) is 19.6 Å². The zero-order valence-corrected chi connectivity index (χ0v) is 16.7. The van der Waals surface area contributed by atoms with Crippen molar-refractivity contribution >= 4 is 11.8 Å². The average molecular weight is 386 g/mol. The van der Waals surface area contributed by atoms with Crippen LogP contribution in [0.4, 0.5) is 0 Å². The van der Waals surface area contributed by atoms with Crippen molar-refractivity contribution in [2.24, 2.45) is 5.92 Å². The van der Waals surface area contributed by atoms with E-state index in [0.717, 1.165) is 31.2 Å². The van der Waals surface area contributed by atoms with E-state index < -0.39 is 5.79 Å². The minimum Gasteiger partial charge on any atom is -0.347 e. The van der Waals surface area contributed by atoms with E-state index >= 15 is 0 Å². The number of hydrogen-bond acceptors (Lipinski definition) is 4. The maximum Gasteiger partial charge on any atom is 0.226 e. The molecule has 0 N–H and O–H groups in total. The molecule has 1 aromatic rings. The number of ether oxygens (including phenoxy) is 2. The van der Waals surface area contributed by atoms with Crippen LogP contribution in [0.15, 0.2) is 24.3 Å². The molecule has 0 saturated carbocycles. The van der Waals surface area contributed by atoms with E-state index in [-0.39, 0.29) is 17.7 Å². The van der Waals surface area contributed by atoms with E-state index in [1.54, 1.807) is 0 Å². The monoisotopic (exact) mass is 386 g/mol. The van der Waals surface area contributed by atoms with Crippen molar-refractivity contribution in [2.75, 3.05) is 39.4 Å². The van der Waals surface area contributed by atoms with Crippen LogP contribution in [-0.4, -0.2) is 66.8 Å². The molecule has 3 aliphatic heterocycles. The molecular formula is C22H30N2O4. The highest BCUT2D eigenvalue weighted by Gasteiger charge is 2.42. The molecule has 3 heterocycles. The van der Waals surface area contributed by atoms with E-state index in [1.165, 1.54) is 5.56 Å². The van der Waals surface area contributed by atoms with Gasteiger partial charge in [-0.25, -0.2) is 0 Å². The molecule has 1 spiro atoms. The molecule has 0 bridgehead atoms. The molecule has 3 aliphatic rings. The van der Waals surface area contributed by atoms with Crippen molar-refractivity contribution in [2.45, 2.75) is 44.8 Å². The van der Waals surface area contributed by atoms with E-state index in [2.05, 4.69) is 0 Å². The van der Waals surface area contributed by atoms with Crippen LogP contribution in [0.2, 0.25) is 0 Å². The molecular weight excluding hydrogens is 356 g/mol. The summed E-state index contributed by atoms with van der Waals surface area (Å²) < 4.78 is 11.5. The Balaban J connectivity index is 1.24. The van der Waals surface area contributed by atoms with Crippen LogP contribution >= 0.6 is 0 Å². The highest BCUT2D eigenvalue weighted by atomic mass is 16.7. The molecule has 6 nitrogen and oxygen atoms in total. The zero-order chi connectivity index (χ0) is 19.6. The maximum absolute atomic E-state index is 12.9. The van der Waals surface area contributed by atoms with E-state index in [4.69, 9.17) is 9.47 Å². The van der Waals surface area contributed by atoms with Gasteiger partial charge in [-0.1, -0.05) is 29.8 Å². The van der Waals surface area contributed by atoms with Crippen LogP contribution < -0.4 is 0 Å². The SMILES string of the molecule is Cc1ccc(CC(=O)N2CCC(C(=O)N3CCC4(CC3)OCCO4)CC2)cc1. The summed E-state index contributed by atoms with van der Waals surface area (Å²) in [5.74, 6) is -0.0192. The van der Waals surface area contributed by atoms with E-state index in [1.807, 2.05) is 41.0 Å². The number of benzene rings is 1. The van der Waals surface area contributed by atoms with Crippen LogP contribution in [0, 0.1) is 12.8 Å². The lowest BCUT2D eigenvalue weighted by atomic mass is 9.93. The predicted molar refractivity (Wildman–Crippen MR) is 105 cm³/mol. The van der Waals surface area contributed by atoms with E-state index in [0.29, 0.717) is 45.8 Å². The Morgan fingerprint density at radius 1 is 0.964 bits per heavy atom. The summed E-state index contributed by atoms with van der Waals surface area (Å²) in [5, 5.41) is 0. The third-order valence-corrected chi connectivity index (χ3v) is 6.32. The summed E-state index contributed by atoms with van der Waals surface area (Å²) in [5.41, 5.74) is 2.25. The Labute approximate surface area is 166 Å². The second kappa shape index (κ2) is 8.21. The number of likely N-dealkylation sites (tertiary alicyclic amines) is 2. The second-order valence-electron chi connectivity index (χ2n) is 8.25. The first-order valence-electron chi connectivity index (χ1n) is 10.4. The van der Waals surface area contributed by atoms with Gasteiger partial charge in [0, 0.05) is 44.9 Å². The number of aryl methyl sites for hydroxylation is 1. The molecule has 2 amide bonds. The Kier molecular flexibility index (Phi) is 5.69. The van der Waals surface area contributed by atoms with Crippen molar-refractivity contribution in [3.8, 4) is 0 Å². The van der Waals surface area contributed by atoms with Crippen LogP contribution in [0.5, 0.6) is 0 Å². The minimum atomic E-state index is -0.442. The molecule has 0 atom stereocenters. The fourth-order valence-corrected chi connectivity index (χ4v) is 4.48. The van der Waals surface area contributed by atoms with Crippen molar-refractivity contribution in [1.29, 1.82) is 0 Å². The molecule has 28 heavy (non-hydrogen) atoms. The van der Waals surface area contributed by atoms with Gasteiger partial charge in [-0.2, -0.15) is 0 Å². The lowest BCUT2D eigenvalue weighted by molar-refractivity contribution is -0.188. The van der Waals surface area contributed by atoms with Crippen molar-refractivity contribution in [3.63, 3.8) is 0 Å². The third kappa shape index (κ3) is 4.23. The second-order valence-corrected chi connectivity index (χ2v) is 8.25. The Hall–Kier alpha value is -1.92. The Bertz CT molecular complexity index is 694. The topological polar surface area (TPSA) is 59.1 Å². The summed E-state index contributed by atoms with van der Waals surface area (Å²) in [6.07, 6.45) is 3.46. The summed E-state index contributed by atoms with van der Waals surface area (Å²) >= 11 is 0. The quantitative estimate of drug-likeness (QED) is 0.799. The molecule has 6 heteroatoms. The highest BCUT2D eigenvalue weighted by Crippen LogP contribution is 2.32. The lowest BCUT2D eigenvalue weighted by Gasteiger charge is -2.40. The smallest absolute Gasteiger partial charge is 0.226 e. The number of piperidine rings is 2. The summed E-state index contributed by atoms with van der Waals surface area (Å²) in [6.45, 7) is 6.10. The summed E-state index contributed by atoms with van der Waals surface area (Å²) in [6, 6.07) is 8.12. The fraction of sp³-hybridized carbons (Fsp3) is 0.636. The molecule has 0 unspecified atom stereocenters. The molecule has 0 radical (unpaired) electrons. The molecule has 4 rings (SSSR count). The van der Waals surface area contributed by atoms with Crippen LogP contribution in [-0.2, 0) is 25.5 Å². The molecule has 3 saturated heterocycles. The fourth-order valence-electron chi connectivity index (χ4n) is 4.48. The predicted octanol–water partition coefficient (Wildman–Crippen LogP) is 2.14. The molecule has 3 fully saturated rings. The Morgan fingerprint density at radius 3 is 2.18 bits per heavy atom. The van der Waals surface area contributed by atoms with Gasteiger partial charge in [-0.05, 0) is 25.3 Å². The van der Waals surface area contributed by atoms with Crippen molar-refractivity contribution < 1.29 is 19.1 Å². The van der Waals surface area contributed by atoms with Crippen LogP contribution in [0.3, 0.4) is 0 Å². The third-order valence-electron chi connectivity index (χ3n) is 6.32. The molecule has 152 valence electrons. The van der Waals surface area contributed by atoms with Gasteiger partial charge in [0.15, 0.2) is 5.79 Å². The summed E-state index contributed by atoms with van der Waals surface area (Å²) in [7, 11) is 0. The molecule has 0 aromatic heterocycles. The first kappa shape index (κ1) is 19.4. The van der Waals surface area contributed by atoms with Gasteiger partial charge >= 0.3 is 0 Å². The standard InChI is InChI=1S/C22H30N2O4/c1-17-2-4-18(5-3-17)16-20(25)23-10-6-19(7-11-23)21(26)24-12-8-22(9-13-24)27-14-15-28-22/h2-5,19H,6-16H2,1H3. The number of rotatable bonds is 3. The first-order valence-corrected chi connectivity index (χ1v) is 10.4. The first-order chi connectivity index (χ1) is 13.5. The normalized spacial score (nSPS) is 22.6. The van der Waals surface area contributed by atoms with Crippen LogP contribution in [0.25, 0.3) is 0 Å². The van der Waals surface area contributed by atoms with E-state index in [9.17, 15) is 9.59 Å². The van der Waals surface area contributed by atoms with Crippen LogP contribution in [0.1, 0.15) is 36.8 Å². The van der Waals surface area contributed by atoms with Gasteiger partial charge in [0.25, 0.3) is 0 Å². The highest BCUT2D eigenvalue weighted by molar-refractivity contribution is 5.81. The number of hydrogen-bond donors (Lipinski definition) is 0. The summed E-state index contributed by atoms with van der Waals surface area (Å²) in [4.78, 5) is 29.3. The van der Waals surface area contributed by atoms with Crippen molar-refractivity contribution in [3.05, 3.63) is 35.4 Å². The zero-order valence-electron chi connectivity index (χ0n) is 16.7.